The molecule has 19 heavy (non-hydrogen) atoms. The summed E-state index contributed by atoms with van der Waals surface area (Å²) < 4.78 is 0. The van der Waals surface area contributed by atoms with Crippen molar-refractivity contribution >= 4 is 5.69 Å². The standard InChI is InChI=1S/C17H26N2/c1-14-8-10-17(11-9-14)19-12-4-7-16(13-19)18-15-5-2-3-6-15/h8-11,15-16,18H,2-7,12-13H2,1H3. The van der Waals surface area contributed by atoms with Crippen molar-refractivity contribution in [1.29, 1.82) is 0 Å². The summed E-state index contributed by atoms with van der Waals surface area (Å²) >= 11 is 0. The van der Waals surface area contributed by atoms with Crippen LogP contribution in [0.4, 0.5) is 5.69 Å². The fraction of sp³-hybridized carbons (Fsp3) is 0.647. The Hall–Kier alpha value is -1.02. The first kappa shape index (κ1) is 13.0. The maximum absolute atomic E-state index is 3.89. The van der Waals surface area contributed by atoms with Gasteiger partial charge in [-0.25, -0.2) is 0 Å². The van der Waals surface area contributed by atoms with Gasteiger partial charge in [-0.2, -0.15) is 0 Å². The SMILES string of the molecule is Cc1ccc(N2CCCC(NC3CCCC3)C2)cc1. The molecule has 1 atom stereocenters. The Kier molecular flexibility index (Phi) is 4.07. The van der Waals surface area contributed by atoms with Crippen molar-refractivity contribution in [2.45, 2.75) is 57.5 Å². The molecule has 2 aliphatic rings. The molecule has 2 nitrogen and oxygen atoms in total. The summed E-state index contributed by atoms with van der Waals surface area (Å²) in [5, 5.41) is 3.89. The van der Waals surface area contributed by atoms with E-state index in [4.69, 9.17) is 0 Å². The Balaban J connectivity index is 1.59. The van der Waals surface area contributed by atoms with E-state index in [1.54, 1.807) is 0 Å². The maximum Gasteiger partial charge on any atom is 0.0366 e. The van der Waals surface area contributed by atoms with Crippen LogP contribution in [0.2, 0.25) is 0 Å². The van der Waals surface area contributed by atoms with Crippen LogP contribution in [-0.2, 0) is 0 Å². The zero-order chi connectivity index (χ0) is 13.1. The fourth-order valence-electron chi connectivity index (χ4n) is 3.53. The molecule has 1 aliphatic heterocycles. The van der Waals surface area contributed by atoms with Crippen molar-refractivity contribution in [3.63, 3.8) is 0 Å². The van der Waals surface area contributed by atoms with Crippen LogP contribution < -0.4 is 10.2 Å². The number of benzene rings is 1. The van der Waals surface area contributed by atoms with Crippen LogP contribution in [0.3, 0.4) is 0 Å². The third kappa shape index (κ3) is 3.30. The van der Waals surface area contributed by atoms with E-state index in [0.717, 1.165) is 6.04 Å². The molecule has 1 aromatic carbocycles. The lowest BCUT2D eigenvalue weighted by Crippen LogP contribution is -2.48. The number of anilines is 1. The molecule has 1 N–H and O–H groups in total. The molecule has 0 amide bonds. The van der Waals surface area contributed by atoms with Gasteiger partial charge in [0.1, 0.15) is 0 Å². The van der Waals surface area contributed by atoms with Crippen LogP contribution in [0.25, 0.3) is 0 Å². The Labute approximate surface area is 117 Å². The number of nitrogens with one attached hydrogen (secondary N) is 1. The summed E-state index contributed by atoms with van der Waals surface area (Å²) in [5.41, 5.74) is 2.74. The number of aryl methyl sites for hydroxylation is 1. The third-order valence-electron chi connectivity index (χ3n) is 4.65. The second-order valence-corrected chi connectivity index (χ2v) is 6.27. The highest BCUT2D eigenvalue weighted by molar-refractivity contribution is 5.48. The molecule has 2 fully saturated rings. The second kappa shape index (κ2) is 5.96. The van der Waals surface area contributed by atoms with E-state index >= 15 is 0 Å². The molecular formula is C17H26N2. The van der Waals surface area contributed by atoms with Gasteiger partial charge in [-0.05, 0) is 44.7 Å². The van der Waals surface area contributed by atoms with Crippen molar-refractivity contribution in [3.8, 4) is 0 Å². The van der Waals surface area contributed by atoms with Crippen molar-refractivity contribution in [3.05, 3.63) is 29.8 Å². The fourth-order valence-corrected chi connectivity index (χ4v) is 3.53. The molecule has 0 radical (unpaired) electrons. The molecule has 1 aromatic rings. The first-order valence-electron chi connectivity index (χ1n) is 7.89. The molecule has 0 aromatic heterocycles. The monoisotopic (exact) mass is 258 g/mol. The molecule has 2 heteroatoms. The van der Waals surface area contributed by atoms with Crippen LogP contribution in [0.1, 0.15) is 44.1 Å². The Morgan fingerprint density at radius 3 is 2.37 bits per heavy atom. The van der Waals surface area contributed by atoms with Crippen molar-refractivity contribution < 1.29 is 0 Å². The van der Waals surface area contributed by atoms with Crippen molar-refractivity contribution in [2.24, 2.45) is 0 Å². The Morgan fingerprint density at radius 1 is 0.947 bits per heavy atom. The molecule has 0 bridgehead atoms. The molecule has 104 valence electrons. The van der Waals surface area contributed by atoms with E-state index in [9.17, 15) is 0 Å². The molecule has 0 spiro atoms. The molecule has 3 rings (SSSR count). The normalized spacial score (nSPS) is 24.9. The van der Waals surface area contributed by atoms with Gasteiger partial charge < -0.3 is 10.2 Å². The zero-order valence-corrected chi connectivity index (χ0v) is 12.1. The van der Waals surface area contributed by atoms with E-state index in [1.165, 1.54) is 62.9 Å². The molecule has 1 aliphatic carbocycles. The van der Waals surface area contributed by atoms with Gasteiger partial charge in [-0.15, -0.1) is 0 Å². The minimum atomic E-state index is 0.693. The highest BCUT2D eigenvalue weighted by Crippen LogP contribution is 2.23. The molecular weight excluding hydrogens is 232 g/mol. The van der Waals surface area contributed by atoms with Crippen LogP contribution in [0.5, 0.6) is 0 Å². The van der Waals surface area contributed by atoms with Gasteiger partial charge in [-0.3, -0.25) is 0 Å². The second-order valence-electron chi connectivity index (χ2n) is 6.27. The number of nitrogens with zero attached hydrogens (tertiary/aromatic N) is 1. The smallest absolute Gasteiger partial charge is 0.0366 e. The first-order valence-corrected chi connectivity index (χ1v) is 7.89. The highest BCUT2D eigenvalue weighted by atomic mass is 15.2. The van der Waals surface area contributed by atoms with Gasteiger partial charge in [0.05, 0.1) is 0 Å². The Bertz CT molecular complexity index is 392. The van der Waals surface area contributed by atoms with Gasteiger partial charge in [0, 0.05) is 30.9 Å². The molecule has 1 saturated heterocycles. The van der Waals surface area contributed by atoms with E-state index in [0.29, 0.717) is 6.04 Å². The topological polar surface area (TPSA) is 15.3 Å². The molecule has 1 heterocycles. The minimum Gasteiger partial charge on any atom is -0.370 e. The van der Waals surface area contributed by atoms with E-state index < -0.39 is 0 Å². The lowest BCUT2D eigenvalue weighted by molar-refractivity contribution is 0.375. The average molecular weight is 258 g/mol. The van der Waals surface area contributed by atoms with Crippen LogP contribution in [0.15, 0.2) is 24.3 Å². The number of hydrogen-bond acceptors (Lipinski definition) is 2. The highest BCUT2D eigenvalue weighted by Gasteiger charge is 2.24. The summed E-state index contributed by atoms with van der Waals surface area (Å²) in [6.07, 6.45) is 8.29. The van der Waals surface area contributed by atoms with Crippen LogP contribution >= 0.6 is 0 Å². The van der Waals surface area contributed by atoms with Crippen molar-refractivity contribution in [2.75, 3.05) is 18.0 Å². The van der Waals surface area contributed by atoms with Gasteiger partial charge in [0.15, 0.2) is 0 Å². The van der Waals surface area contributed by atoms with E-state index in [2.05, 4.69) is 41.4 Å². The number of piperidine rings is 1. The van der Waals surface area contributed by atoms with E-state index in [1.807, 2.05) is 0 Å². The molecule has 1 unspecified atom stereocenters. The summed E-state index contributed by atoms with van der Waals surface area (Å²) in [6, 6.07) is 10.5. The van der Waals surface area contributed by atoms with E-state index in [-0.39, 0.29) is 0 Å². The largest absolute Gasteiger partial charge is 0.370 e. The van der Waals surface area contributed by atoms with Gasteiger partial charge in [-0.1, -0.05) is 30.5 Å². The zero-order valence-electron chi connectivity index (χ0n) is 12.1. The summed E-state index contributed by atoms with van der Waals surface area (Å²) in [5.74, 6) is 0. The van der Waals surface area contributed by atoms with Gasteiger partial charge >= 0.3 is 0 Å². The number of rotatable bonds is 3. The molecule has 1 saturated carbocycles. The van der Waals surface area contributed by atoms with Crippen LogP contribution in [0, 0.1) is 6.92 Å². The Morgan fingerprint density at radius 2 is 1.63 bits per heavy atom. The van der Waals surface area contributed by atoms with Crippen LogP contribution in [-0.4, -0.2) is 25.2 Å². The minimum absolute atomic E-state index is 0.693. The lowest BCUT2D eigenvalue weighted by atomic mass is 10.0. The summed E-state index contributed by atoms with van der Waals surface area (Å²) in [4.78, 5) is 2.55. The summed E-state index contributed by atoms with van der Waals surface area (Å²) in [6.45, 7) is 4.55. The number of hydrogen-bond donors (Lipinski definition) is 1. The average Bonchev–Trinajstić information content (AvgIpc) is 2.93. The quantitative estimate of drug-likeness (QED) is 0.892. The third-order valence-corrected chi connectivity index (χ3v) is 4.65. The first-order chi connectivity index (χ1) is 9.31. The predicted octanol–water partition coefficient (Wildman–Crippen LogP) is 3.50. The summed E-state index contributed by atoms with van der Waals surface area (Å²) in [7, 11) is 0. The van der Waals surface area contributed by atoms with Gasteiger partial charge in [0.2, 0.25) is 0 Å². The lowest BCUT2D eigenvalue weighted by Gasteiger charge is -2.36. The predicted molar refractivity (Wildman–Crippen MR) is 81.8 cm³/mol. The maximum atomic E-state index is 3.89. The van der Waals surface area contributed by atoms with Crippen molar-refractivity contribution in [1.82, 2.24) is 5.32 Å². The van der Waals surface area contributed by atoms with Gasteiger partial charge in [0.25, 0.3) is 0 Å².